The minimum absolute atomic E-state index is 0.379. The SMILES string of the molecule is O=C(O)C1CCCc2sc(C3CCCOC3)nc21. The van der Waals surface area contributed by atoms with Gasteiger partial charge in [0.05, 0.1) is 23.2 Å². The molecule has 1 fully saturated rings. The van der Waals surface area contributed by atoms with Crippen molar-refractivity contribution in [3.05, 3.63) is 15.6 Å². The third-order valence-corrected chi connectivity index (χ3v) is 5.07. The summed E-state index contributed by atoms with van der Waals surface area (Å²) in [5.41, 5.74) is 0.833. The number of ether oxygens (including phenoxy) is 1. The number of carboxylic acid groups (broad SMARTS) is 1. The van der Waals surface area contributed by atoms with Gasteiger partial charge >= 0.3 is 5.97 Å². The van der Waals surface area contributed by atoms with Crippen LogP contribution in [-0.4, -0.2) is 29.3 Å². The highest BCUT2D eigenvalue weighted by Gasteiger charge is 2.31. The van der Waals surface area contributed by atoms with Gasteiger partial charge in [-0.25, -0.2) is 4.98 Å². The van der Waals surface area contributed by atoms with Gasteiger partial charge in [-0.3, -0.25) is 4.79 Å². The van der Waals surface area contributed by atoms with Crippen molar-refractivity contribution in [2.24, 2.45) is 0 Å². The largest absolute Gasteiger partial charge is 0.481 e. The van der Waals surface area contributed by atoms with E-state index in [4.69, 9.17) is 4.74 Å². The van der Waals surface area contributed by atoms with Crippen molar-refractivity contribution in [2.45, 2.75) is 43.9 Å². The molecule has 2 aliphatic rings. The van der Waals surface area contributed by atoms with Crippen molar-refractivity contribution >= 4 is 17.3 Å². The van der Waals surface area contributed by atoms with E-state index in [1.807, 2.05) is 0 Å². The van der Waals surface area contributed by atoms with E-state index < -0.39 is 5.97 Å². The van der Waals surface area contributed by atoms with Crippen molar-refractivity contribution in [1.29, 1.82) is 0 Å². The summed E-state index contributed by atoms with van der Waals surface area (Å²) in [5.74, 6) is -0.736. The molecule has 2 unspecified atom stereocenters. The number of aliphatic carboxylic acids is 1. The fraction of sp³-hybridized carbons (Fsp3) is 0.692. The molecule has 3 rings (SSSR count). The van der Waals surface area contributed by atoms with Crippen molar-refractivity contribution in [3.63, 3.8) is 0 Å². The molecule has 0 bridgehead atoms. The van der Waals surface area contributed by atoms with E-state index in [1.54, 1.807) is 11.3 Å². The molecule has 2 atom stereocenters. The van der Waals surface area contributed by atoms with Gasteiger partial charge in [-0.15, -0.1) is 11.3 Å². The quantitative estimate of drug-likeness (QED) is 0.894. The summed E-state index contributed by atoms with van der Waals surface area (Å²) in [4.78, 5) is 17.1. The van der Waals surface area contributed by atoms with Crippen molar-refractivity contribution < 1.29 is 14.6 Å². The number of hydrogen-bond donors (Lipinski definition) is 1. The number of hydrogen-bond acceptors (Lipinski definition) is 4. The van der Waals surface area contributed by atoms with E-state index in [-0.39, 0.29) is 5.92 Å². The summed E-state index contributed by atoms with van der Waals surface area (Å²) in [6, 6.07) is 0. The number of aryl methyl sites for hydroxylation is 1. The highest BCUT2D eigenvalue weighted by molar-refractivity contribution is 7.11. The molecule has 0 aromatic carbocycles. The van der Waals surface area contributed by atoms with Crippen LogP contribution < -0.4 is 0 Å². The van der Waals surface area contributed by atoms with E-state index in [0.29, 0.717) is 5.92 Å². The summed E-state index contributed by atoms with van der Waals surface area (Å²) in [5, 5.41) is 10.3. The van der Waals surface area contributed by atoms with Crippen LogP contribution in [0.15, 0.2) is 0 Å². The zero-order valence-corrected chi connectivity index (χ0v) is 11.0. The van der Waals surface area contributed by atoms with Crippen LogP contribution in [0.3, 0.4) is 0 Å². The zero-order valence-electron chi connectivity index (χ0n) is 10.2. The first-order valence-electron chi connectivity index (χ1n) is 6.55. The lowest BCUT2D eigenvalue weighted by atomic mass is 9.91. The topological polar surface area (TPSA) is 59.4 Å². The highest BCUT2D eigenvalue weighted by Crippen LogP contribution is 2.38. The summed E-state index contributed by atoms with van der Waals surface area (Å²) < 4.78 is 5.49. The van der Waals surface area contributed by atoms with Gasteiger partial charge in [-0.1, -0.05) is 0 Å². The summed E-state index contributed by atoms with van der Waals surface area (Å²) >= 11 is 1.71. The Kier molecular flexibility index (Phi) is 3.35. The standard InChI is InChI=1S/C13H17NO3S/c15-13(16)9-4-1-5-10-11(9)14-12(18-10)8-3-2-6-17-7-8/h8-9H,1-7H2,(H,15,16). The Balaban J connectivity index is 1.88. The molecule has 1 aromatic heterocycles. The van der Waals surface area contributed by atoms with E-state index in [2.05, 4.69) is 4.98 Å². The molecule has 1 aromatic rings. The van der Waals surface area contributed by atoms with Gasteiger partial charge in [0.25, 0.3) is 0 Å². The smallest absolute Gasteiger partial charge is 0.312 e. The maximum absolute atomic E-state index is 11.2. The molecule has 1 N–H and O–H groups in total. The van der Waals surface area contributed by atoms with Crippen LogP contribution in [0.4, 0.5) is 0 Å². The lowest BCUT2D eigenvalue weighted by Gasteiger charge is -2.19. The molecule has 1 aliphatic heterocycles. The number of fused-ring (bicyclic) bond motifs is 1. The van der Waals surface area contributed by atoms with Gasteiger partial charge in [0, 0.05) is 17.4 Å². The summed E-state index contributed by atoms with van der Waals surface area (Å²) in [6.45, 7) is 1.59. The van der Waals surface area contributed by atoms with Gasteiger partial charge in [0.1, 0.15) is 0 Å². The molecule has 4 nitrogen and oxygen atoms in total. The Labute approximate surface area is 110 Å². The second-order valence-electron chi connectivity index (χ2n) is 5.06. The first kappa shape index (κ1) is 12.1. The first-order chi connectivity index (χ1) is 8.75. The third-order valence-electron chi connectivity index (χ3n) is 3.78. The van der Waals surface area contributed by atoms with E-state index >= 15 is 0 Å². The highest BCUT2D eigenvalue weighted by atomic mass is 32.1. The van der Waals surface area contributed by atoms with Crippen LogP contribution in [0.1, 0.15) is 53.1 Å². The van der Waals surface area contributed by atoms with Gasteiger partial charge in [0.2, 0.25) is 0 Å². The zero-order chi connectivity index (χ0) is 12.5. The average molecular weight is 267 g/mol. The fourth-order valence-corrected chi connectivity index (χ4v) is 4.08. The Hall–Kier alpha value is -0.940. The maximum Gasteiger partial charge on any atom is 0.312 e. The minimum Gasteiger partial charge on any atom is -0.481 e. The molecule has 0 radical (unpaired) electrons. The molecule has 0 amide bonds. The predicted molar refractivity (Wildman–Crippen MR) is 68.2 cm³/mol. The number of nitrogens with zero attached hydrogens (tertiary/aromatic N) is 1. The van der Waals surface area contributed by atoms with Gasteiger partial charge < -0.3 is 9.84 Å². The molecule has 1 aliphatic carbocycles. The first-order valence-corrected chi connectivity index (χ1v) is 7.37. The Morgan fingerprint density at radius 3 is 3.00 bits per heavy atom. The van der Waals surface area contributed by atoms with E-state index in [1.165, 1.54) is 4.88 Å². The van der Waals surface area contributed by atoms with Crippen LogP contribution in [0.2, 0.25) is 0 Å². The maximum atomic E-state index is 11.2. The van der Waals surface area contributed by atoms with Crippen molar-refractivity contribution in [1.82, 2.24) is 4.98 Å². The monoisotopic (exact) mass is 267 g/mol. The van der Waals surface area contributed by atoms with Crippen LogP contribution >= 0.6 is 11.3 Å². The molecule has 5 heteroatoms. The normalized spacial score (nSPS) is 27.8. The minimum atomic E-state index is -0.729. The Bertz CT molecular complexity index is 451. The molecular formula is C13H17NO3S. The Morgan fingerprint density at radius 2 is 2.28 bits per heavy atom. The number of rotatable bonds is 2. The number of carboxylic acids is 1. The Morgan fingerprint density at radius 1 is 1.39 bits per heavy atom. The van der Waals surface area contributed by atoms with E-state index in [9.17, 15) is 9.90 Å². The van der Waals surface area contributed by atoms with Gasteiger partial charge in [0.15, 0.2) is 0 Å². The molecule has 18 heavy (non-hydrogen) atoms. The van der Waals surface area contributed by atoms with Crippen LogP contribution in [0, 0.1) is 0 Å². The summed E-state index contributed by atoms with van der Waals surface area (Å²) in [7, 11) is 0. The fourth-order valence-electron chi connectivity index (χ4n) is 2.79. The average Bonchev–Trinajstić information content (AvgIpc) is 2.83. The predicted octanol–water partition coefficient (Wildman–Crippen LogP) is 2.54. The molecule has 0 saturated carbocycles. The van der Waals surface area contributed by atoms with Gasteiger partial charge in [-0.05, 0) is 32.1 Å². The second kappa shape index (κ2) is 4.97. The van der Waals surface area contributed by atoms with Crippen molar-refractivity contribution in [2.75, 3.05) is 13.2 Å². The number of carbonyl (C=O) groups is 1. The van der Waals surface area contributed by atoms with Gasteiger partial charge in [-0.2, -0.15) is 0 Å². The summed E-state index contributed by atoms with van der Waals surface area (Å²) in [6.07, 6.45) is 4.88. The van der Waals surface area contributed by atoms with Crippen LogP contribution in [-0.2, 0) is 16.0 Å². The molecular weight excluding hydrogens is 250 g/mol. The molecule has 98 valence electrons. The van der Waals surface area contributed by atoms with Crippen molar-refractivity contribution in [3.8, 4) is 0 Å². The molecule has 1 saturated heterocycles. The third kappa shape index (κ3) is 2.17. The molecule has 2 heterocycles. The van der Waals surface area contributed by atoms with Crippen LogP contribution in [0.5, 0.6) is 0 Å². The molecule has 0 spiro atoms. The second-order valence-corrected chi connectivity index (χ2v) is 6.17. The number of aromatic nitrogens is 1. The lowest BCUT2D eigenvalue weighted by molar-refractivity contribution is -0.139. The van der Waals surface area contributed by atoms with Crippen LogP contribution in [0.25, 0.3) is 0 Å². The number of thiazole rings is 1. The van der Waals surface area contributed by atoms with E-state index in [0.717, 1.165) is 56.0 Å². The lowest BCUT2D eigenvalue weighted by Crippen LogP contribution is -2.18.